The molecule has 9 nitrogen and oxygen atoms in total. The van der Waals surface area contributed by atoms with E-state index in [4.69, 9.17) is 21.1 Å². The number of phenolic OH excluding ortho intramolecular Hbond substituents is 3. The minimum absolute atomic E-state index is 0.00364. The molecule has 0 spiro atoms. The number of fused-ring (bicyclic) bond motifs is 2. The van der Waals surface area contributed by atoms with Crippen LogP contribution >= 0.6 is 11.6 Å². The van der Waals surface area contributed by atoms with E-state index in [-0.39, 0.29) is 54.5 Å². The van der Waals surface area contributed by atoms with Crippen molar-refractivity contribution in [1.82, 2.24) is 0 Å². The maximum atomic E-state index is 12.2. The molecule has 44 heavy (non-hydrogen) atoms. The van der Waals surface area contributed by atoms with Gasteiger partial charge in [0.25, 0.3) is 0 Å². The average molecular weight is 613 g/mol. The first kappa shape index (κ1) is 30.1. The Kier molecular flexibility index (Phi) is 8.78. The number of benzene rings is 4. The van der Waals surface area contributed by atoms with Crippen molar-refractivity contribution in [2.24, 2.45) is 0 Å². The van der Waals surface area contributed by atoms with E-state index in [0.29, 0.717) is 39.4 Å². The zero-order valence-electron chi connectivity index (χ0n) is 23.5. The number of nitrogens with one attached hydrogen (secondary N) is 2. The van der Waals surface area contributed by atoms with E-state index in [1.54, 1.807) is 18.2 Å². The van der Waals surface area contributed by atoms with Gasteiger partial charge in [0.2, 0.25) is 0 Å². The van der Waals surface area contributed by atoms with E-state index in [1.807, 2.05) is 30.3 Å². The largest absolute Gasteiger partial charge is 0.508 e. The number of halogens is 1. The van der Waals surface area contributed by atoms with Gasteiger partial charge in [-0.1, -0.05) is 23.7 Å². The van der Waals surface area contributed by atoms with Gasteiger partial charge in [-0.15, -0.1) is 0 Å². The molecule has 0 saturated heterocycles. The third kappa shape index (κ3) is 7.50. The molecule has 2 aliphatic rings. The standard InChI is InChI=1S/C17H14ClNO3.C17H15NO4/c1-10-19-15-4-2-11(7-17(15)22-10)6-14(20)9-12-8-13(18)3-5-16(12)21;1-10-18-15-4-2-11(7-17(15)22-10)6-14(20)9-12-8-13(19)3-5-16(12)21/h2-5,7-8,19,21H,1,6,9H2;2-5,7-8,18-19,21H,1,6,9H2. The molecule has 10 heteroatoms. The number of rotatable bonds is 8. The van der Waals surface area contributed by atoms with Crippen LogP contribution in [0.1, 0.15) is 22.3 Å². The molecular weight excluding hydrogens is 584 g/mol. The van der Waals surface area contributed by atoms with Crippen LogP contribution in [0.4, 0.5) is 11.4 Å². The summed E-state index contributed by atoms with van der Waals surface area (Å²) in [7, 11) is 0. The summed E-state index contributed by atoms with van der Waals surface area (Å²) in [6, 6.07) is 19.8. The fourth-order valence-electron chi connectivity index (χ4n) is 4.76. The minimum Gasteiger partial charge on any atom is -0.508 e. The summed E-state index contributed by atoms with van der Waals surface area (Å²) in [5.74, 6) is 2.28. The number of aromatic hydroxyl groups is 3. The Morgan fingerprint density at radius 2 is 1.11 bits per heavy atom. The van der Waals surface area contributed by atoms with Crippen LogP contribution in [-0.2, 0) is 35.3 Å². The van der Waals surface area contributed by atoms with Crippen LogP contribution in [0.3, 0.4) is 0 Å². The van der Waals surface area contributed by atoms with Crippen molar-refractivity contribution in [3.8, 4) is 28.7 Å². The highest BCUT2D eigenvalue weighted by molar-refractivity contribution is 6.30. The molecule has 4 aromatic carbocycles. The van der Waals surface area contributed by atoms with Gasteiger partial charge in [-0.05, 0) is 84.9 Å². The smallest absolute Gasteiger partial charge is 0.190 e. The Bertz CT molecular complexity index is 1670. The summed E-state index contributed by atoms with van der Waals surface area (Å²) in [5.41, 5.74) is 4.28. The number of carbonyl (C=O) groups is 2. The van der Waals surface area contributed by atoms with Crippen LogP contribution in [0.5, 0.6) is 28.7 Å². The topological polar surface area (TPSA) is 137 Å². The first-order chi connectivity index (χ1) is 21.0. The first-order valence-electron chi connectivity index (χ1n) is 13.6. The maximum absolute atomic E-state index is 12.2. The lowest BCUT2D eigenvalue weighted by molar-refractivity contribution is -0.118. The molecule has 0 aliphatic carbocycles. The van der Waals surface area contributed by atoms with E-state index in [0.717, 1.165) is 22.5 Å². The molecule has 6 rings (SSSR count). The van der Waals surface area contributed by atoms with E-state index < -0.39 is 0 Å². The number of ether oxygens (including phenoxy) is 2. The summed E-state index contributed by atoms with van der Waals surface area (Å²) in [6.45, 7) is 7.37. The molecule has 0 atom stereocenters. The van der Waals surface area contributed by atoms with Gasteiger partial charge in [-0.2, -0.15) is 0 Å². The molecule has 2 aliphatic heterocycles. The van der Waals surface area contributed by atoms with E-state index >= 15 is 0 Å². The molecule has 0 radical (unpaired) electrons. The second-order valence-electron chi connectivity index (χ2n) is 10.3. The normalized spacial score (nSPS) is 12.5. The van der Waals surface area contributed by atoms with Crippen LogP contribution < -0.4 is 20.1 Å². The van der Waals surface area contributed by atoms with E-state index in [2.05, 4.69) is 23.8 Å². The summed E-state index contributed by atoms with van der Waals surface area (Å²) in [5, 5.41) is 35.3. The number of Topliss-reactive ketones (excluding diaryl/α,β-unsaturated/α-hetero) is 2. The highest BCUT2D eigenvalue weighted by atomic mass is 35.5. The summed E-state index contributed by atoms with van der Waals surface area (Å²) in [6.07, 6.45) is 0.672. The van der Waals surface area contributed by atoms with Crippen molar-refractivity contribution in [3.63, 3.8) is 0 Å². The van der Waals surface area contributed by atoms with Gasteiger partial charge in [-0.25, -0.2) is 0 Å². The van der Waals surface area contributed by atoms with Gasteiger partial charge in [-0.3, -0.25) is 9.59 Å². The second-order valence-corrected chi connectivity index (χ2v) is 10.8. The first-order valence-corrected chi connectivity index (χ1v) is 14.0. The fourth-order valence-corrected chi connectivity index (χ4v) is 4.95. The Hall–Kier alpha value is -5.41. The quantitative estimate of drug-likeness (QED) is 0.143. The summed E-state index contributed by atoms with van der Waals surface area (Å²) < 4.78 is 10.8. The second kappa shape index (κ2) is 12.8. The molecule has 0 amide bonds. The Morgan fingerprint density at radius 1 is 0.636 bits per heavy atom. The van der Waals surface area contributed by atoms with Crippen molar-refractivity contribution >= 4 is 34.5 Å². The molecule has 2 heterocycles. The van der Waals surface area contributed by atoms with Gasteiger partial charge in [0, 0.05) is 41.8 Å². The number of phenols is 3. The minimum atomic E-state index is -0.0642. The predicted molar refractivity (Wildman–Crippen MR) is 167 cm³/mol. The summed E-state index contributed by atoms with van der Waals surface area (Å²) in [4.78, 5) is 24.3. The number of hydrogen-bond donors (Lipinski definition) is 5. The third-order valence-corrected chi connectivity index (χ3v) is 7.02. The van der Waals surface area contributed by atoms with Crippen molar-refractivity contribution in [3.05, 3.63) is 125 Å². The monoisotopic (exact) mass is 612 g/mol. The lowest BCUT2D eigenvalue weighted by Crippen LogP contribution is -2.06. The van der Waals surface area contributed by atoms with Crippen molar-refractivity contribution in [2.45, 2.75) is 25.7 Å². The van der Waals surface area contributed by atoms with E-state index in [9.17, 15) is 24.9 Å². The lowest BCUT2D eigenvalue weighted by atomic mass is 10.0. The Balaban J connectivity index is 0.000000175. The van der Waals surface area contributed by atoms with Gasteiger partial charge < -0.3 is 35.4 Å². The van der Waals surface area contributed by atoms with Crippen LogP contribution in [0.25, 0.3) is 0 Å². The predicted octanol–water partition coefficient (Wildman–Crippen LogP) is 6.40. The maximum Gasteiger partial charge on any atom is 0.190 e. The molecule has 0 unspecified atom stereocenters. The number of carbonyl (C=O) groups excluding carboxylic acids is 2. The van der Waals surface area contributed by atoms with Gasteiger partial charge in [0.1, 0.15) is 28.8 Å². The fraction of sp³-hybridized carbons (Fsp3) is 0.118. The van der Waals surface area contributed by atoms with Crippen LogP contribution in [0.2, 0.25) is 5.02 Å². The Labute approximate surface area is 258 Å². The third-order valence-electron chi connectivity index (χ3n) is 6.79. The van der Waals surface area contributed by atoms with Crippen molar-refractivity contribution in [2.75, 3.05) is 10.6 Å². The van der Waals surface area contributed by atoms with Crippen LogP contribution in [-0.4, -0.2) is 26.9 Å². The molecule has 224 valence electrons. The molecule has 0 saturated carbocycles. The van der Waals surface area contributed by atoms with Crippen molar-refractivity contribution in [1.29, 1.82) is 0 Å². The van der Waals surface area contributed by atoms with Crippen LogP contribution in [0, 0.1) is 0 Å². The number of hydrogen-bond acceptors (Lipinski definition) is 9. The zero-order valence-corrected chi connectivity index (χ0v) is 24.3. The SMILES string of the molecule is C=C1Nc2ccc(CC(=O)Cc3cc(Cl)ccc3O)cc2O1.C=C1Nc2ccc(CC(=O)Cc3cc(O)ccc3O)cc2O1. The molecule has 0 aromatic heterocycles. The highest BCUT2D eigenvalue weighted by Crippen LogP contribution is 2.35. The molecular formula is C34H29ClN2O7. The highest BCUT2D eigenvalue weighted by Gasteiger charge is 2.18. The van der Waals surface area contributed by atoms with Gasteiger partial charge >= 0.3 is 0 Å². The zero-order chi connectivity index (χ0) is 31.4. The van der Waals surface area contributed by atoms with Gasteiger partial charge in [0.05, 0.1) is 11.4 Å². The molecule has 0 bridgehead atoms. The molecule has 5 N–H and O–H groups in total. The van der Waals surface area contributed by atoms with Gasteiger partial charge in [0.15, 0.2) is 23.3 Å². The lowest BCUT2D eigenvalue weighted by Gasteiger charge is -2.06. The molecule has 0 fully saturated rings. The summed E-state index contributed by atoms with van der Waals surface area (Å²) >= 11 is 5.88. The van der Waals surface area contributed by atoms with Crippen molar-refractivity contribution < 1.29 is 34.4 Å². The molecule has 4 aromatic rings. The number of anilines is 2. The van der Waals surface area contributed by atoms with E-state index in [1.165, 1.54) is 24.3 Å². The number of ketones is 2. The van der Waals surface area contributed by atoms with Crippen LogP contribution in [0.15, 0.2) is 97.7 Å². The Morgan fingerprint density at radius 3 is 1.64 bits per heavy atom. The average Bonchev–Trinajstić information content (AvgIpc) is 3.52.